The van der Waals surface area contributed by atoms with Gasteiger partial charge in [0.25, 0.3) is 10.0 Å². The third-order valence-electron chi connectivity index (χ3n) is 3.69. The molecule has 0 aromatic carbocycles. The van der Waals surface area contributed by atoms with Gasteiger partial charge in [-0.25, -0.2) is 13.4 Å². The first kappa shape index (κ1) is 14.4. The molecule has 1 aliphatic rings. The second-order valence-corrected chi connectivity index (χ2v) is 7.24. The number of nitrogens with one attached hydrogen (secondary N) is 2. The molecule has 6 nitrogen and oxygen atoms in total. The zero-order valence-corrected chi connectivity index (χ0v) is 12.4. The summed E-state index contributed by atoms with van der Waals surface area (Å²) in [5.74, 6) is 0.569. The number of rotatable bonds is 4. The molecular weight excluding hydrogens is 284 g/mol. The highest BCUT2D eigenvalue weighted by atomic mass is 32.2. The number of nitrogens with zero attached hydrogens (tertiary/aromatic N) is 1. The van der Waals surface area contributed by atoms with Crippen LogP contribution < -0.4 is 10.5 Å². The van der Waals surface area contributed by atoms with Crippen LogP contribution in [0.2, 0.25) is 0 Å². The van der Waals surface area contributed by atoms with E-state index in [1.54, 1.807) is 0 Å². The van der Waals surface area contributed by atoms with Gasteiger partial charge in [-0.2, -0.15) is 4.72 Å². The number of nitrogens with two attached hydrogens (primary N) is 1. The number of hydrogen-bond acceptors (Lipinski definition) is 4. The smallest absolute Gasteiger partial charge is 0.258 e. The van der Waals surface area contributed by atoms with E-state index in [-0.39, 0.29) is 10.0 Å². The Hall–Kier alpha value is -0.990. The van der Waals surface area contributed by atoms with Gasteiger partial charge in [0.05, 0.1) is 23.1 Å². The summed E-state index contributed by atoms with van der Waals surface area (Å²) in [5.41, 5.74) is 4.97. The van der Waals surface area contributed by atoms with Crippen LogP contribution in [0, 0.1) is 5.92 Å². The third kappa shape index (κ3) is 2.96. The van der Waals surface area contributed by atoms with Crippen LogP contribution in [0.15, 0.2) is 17.6 Å². The van der Waals surface area contributed by atoms with Gasteiger partial charge < -0.3 is 10.7 Å². The van der Waals surface area contributed by atoms with E-state index < -0.39 is 15.6 Å². The summed E-state index contributed by atoms with van der Waals surface area (Å²) in [4.78, 5) is 6.52. The van der Waals surface area contributed by atoms with Gasteiger partial charge in [-0.1, -0.05) is 19.1 Å². The van der Waals surface area contributed by atoms with Gasteiger partial charge in [0.2, 0.25) is 0 Å². The molecule has 1 saturated carbocycles. The Balaban J connectivity index is 2.25. The van der Waals surface area contributed by atoms with Crippen LogP contribution in [0.25, 0.3) is 0 Å². The molecule has 0 bridgehead atoms. The van der Waals surface area contributed by atoms with E-state index in [2.05, 4.69) is 21.6 Å². The molecule has 0 amide bonds. The van der Waals surface area contributed by atoms with E-state index in [1.807, 2.05) is 0 Å². The Labute approximate surface area is 118 Å². The number of imidazole rings is 1. The van der Waals surface area contributed by atoms with E-state index >= 15 is 0 Å². The predicted octanol–water partition coefficient (Wildman–Crippen LogP) is 0.923. The summed E-state index contributed by atoms with van der Waals surface area (Å²) in [6.45, 7) is 2.15. The van der Waals surface area contributed by atoms with Crippen LogP contribution in [0.1, 0.15) is 32.6 Å². The lowest BCUT2D eigenvalue weighted by Crippen LogP contribution is -2.58. The molecule has 0 spiro atoms. The Morgan fingerprint density at radius 2 is 2.21 bits per heavy atom. The highest BCUT2D eigenvalue weighted by molar-refractivity contribution is 7.89. The second kappa shape index (κ2) is 5.18. The number of sulfonamides is 1. The molecule has 1 fully saturated rings. The van der Waals surface area contributed by atoms with E-state index in [0.717, 1.165) is 12.8 Å². The summed E-state index contributed by atoms with van der Waals surface area (Å²) in [7, 11) is -3.67. The normalized spacial score (nSPS) is 28.2. The summed E-state index contributed by atoms with van der Waals surface area (Å²) in [5, 5.41) is 0.0294. The molecule has 4 N–H and O–H groups in total. The van der Waals surface area contributed by atoms with Gasteiger partial charge in [-0.15, -0.1) is 0 Å². The quantitative estimate of drug-likeness (QED) is 0.718. The maximum atomic E-state index is 12.3. The summed E-state index contributed by atoms with van der Waals surface area (Å²) >= 11 is 5.09. The molecule has 106 valence electrons. The van der Waals surface area contributed by atoms with Crippen molar-refractivity contribution in [1.82, 2.24) is 14.7 Å². The first-order valence-electron chi connectivity index (χ1n) is 6.18. The van der Waals surface area contributed by atoms with Crippen LogP contribution in [0.5, 0.6) is 0 Å². The third-order valence-corrected chi connectivity index (χ3v) is 5.54. The number of aromatic amines is 1. The fraction of sp³-hybridized carbons (Fsp3) is 0.636. The van der Waals surface area contributed by atoms with Crippen molar-refractivity contribution in [3.8, 4) is 0 Å². The van der Waals surface area contributed by atoms with Gasteiger partial charge in [-0.05, 0) is 31.6 Å². The van der Waals surface area contributed by atoms with Crippen molar-refractivity contribution < 1.29 is 8.42 Å². The largest absolute Gasteiger partial charge is 0.392 e. The van der Waals surface area contributed by atoms with Crippen LogP contribution >= 0.6 is 12.2 Å². The van der Waals surface area contributed by atoms with Crippen molar-refractivity contribution in [3.63, 3.8) is 0 Å². The fourth-order valence-electron chi connectivity index (χ4n) is 2.36. The average Bonchev–Trinajstić information content (AvgIpc) is 2.86. The summed E-state index contributed by atoms with van der Waals surface area (Å²) in [6.07, 6.45) is 5.67. The average molecular weight is 302 g/mol. The molecule has 19 heavy (non-hydrogen) atoms. The Kier molecular flexibility index (Phi) is 3.93. The SMILES string of the molecule is CC1CCC(NS(=O)(=O)c2cnc[nH]2)(C(N)=S)CC1. The minimum Gasteiger partial charge on any atom is -0.392 e. The number of hydrogen-bond donors (Lipinski definition) is 3. The topological polar surface area (TPSA) is 101 Å². The van der Waals surface area contributed by atoms with Gasteiger partial charge in [0, 0.05) is 0 Å². The molecular formula is C11H18N4O2S2. The van der Waals surface area contributed by atoms with Crippen molar-refractivity contribution in [1.29, 1.82) is 0 Å². The molecule has 1 aromatic rings. The van der Waals surface area contributed by atoms with Gasteiger partial charge in [0.1, 0.15) is 0 Å². The first-order valence-corrected chi connectivity index (χ1v) is 8.07. The minimum absolute atomic E-state index is 0.0294. The van der Waals surface area contributed by atoms with Crippen LogP contribution in [-0.2, 0) is 10.0 Å². The molecule has 1 aliphatic carbocycles. The maximum Gasteiger partial charge on any atom is 0.258 e. The zero-order valence-electron chi connectivity index (χ0n) is 10.7. The maximum absolute atomic E-state index is 12.3. The lowest BCUT2D eigenvalue weighted by atomic mass is 9.78. The number of H-pyrrole nitrogens is 1. The lowest BCUT2D eigenvalue weighted by Gasteiger charge is -2.38. The minimum atomic E-state index is -3.67. The van der Waals surface area contributed by atoms with E-state index in [0.29, 0.717) is 18.8 Å². The van der Waals surface area contributed by atoms with Crippen molar-refractivity contribution in [2.75, 3.05) is 0 Å². The lowest BCUT2D eigenvalue weighted by molar-refractivity contribution is 0.289. The van der Waals surface area contributed by atoms with Crippen LogP contribution in [-0.4, -0.2) is 28.9 Å². The van der Waals surface area contributed by atoms with E-state index in [9.17, 15) is 8.42 Å². The van der Waals surface area contributed by atoms with Crippen LogP contribution in [0.4, 0.5) is 0 Å². The van der Waals surface area contributed by atoms with Gasteiger partial charge >= 0.3 is 0 Å². The molecule has 2 rings (SSSR count). The Morgan fingerprint density at radius 3 is 2.68 bits per heavy atom. The molecule has 1 aromatic heterocycles. The zero-order chi connectivity index (χ0) is 14.1. The number of aromatic nitrogens is 2. The molecule has 0 aliphatic heterocycles. The molecule has 0 unspecified atom stereocenters. The van der Waals surface area contributed by atoms with Crippen LogP contribution in [0.3, 0.4) is 0 Å². The van der Waals surface area contributed by atoms with Crippen molar-refractivity contribution in [2.45, 2.75) is 43.2 Å². The van der Waals surface area contributed by atoms with Crippen molar-refractivity contribution in [3.05, 3.63) is 12.5 Å². The first-order chi connectivity index (χ1) is 8.86. The van der Waals surface area contributed by atoms with Crippen molar-refractivity contribution in [2.24, 2.45) is 11.7 Å². The summed E-state index contributed by atoms with van der Waals surface area (Å²) < 4.78 is 27.2. The molecule has 1 heterocycles. The second-order valence-electron chi connectivity index (χ2n) is 5.15. The van der Waals surface area contributed by atoms with Gasteiger partial charge in [-0.3, -0.25) is 0 Å². The number of thiocarbonyl (C=S) groups is 1. The highest BCUT2D eigenvalue weighted by Crippen LogP contribution is 2.33. The molecule has 8 heteroatoms. The van der Waals surface area contributed by atoms with Gasteiger partial charge in [0.15, 0.2) is 5.03 Å². The Bertz CT molecular complexity index is 545. The molecule has 0 radical (unpaired) electrons. The Morgan fingerprint density at radius 1 is 1.58 bits per heavy atom. The summed E-state index contributed by atoms with van der Waals surface area (Å²) in [6, 6.07) is 0. The molecule has 0 atom stereocenters. The molecule has 0 saturated heterocycles. The standard InChI is InChI=1S/C11H18N4O2S2/c1-8-2-4-11(5-3-8,10(12)18)15-19(16,17)9-6-13-7-14-9/h6-8,15H,2-5H2,1H3,(H2,12,18)(H,13,14). The van der Waals surface area contributed by atoms with E-state index in [4.69, 9.17) is 18.0 Å². The monoisotopic (exact) mass is 302 g/mol. The predicted molar refractivity (Wildman–Crippen MR) is 76.1 cm³/mol. The van der Waals surface area contributed by atoms with E-state index in [1.165, 1.54) is 12.5 Å². The fourth-order valence-corrected chi connectivity index (χ4v) is 4.02. The highest BCUT2D eigenvalue weighted by Gasteiger charge is 2.40. The van der Waals surface area contributed by atoms with Crippen molar-refractivity contribution >= 4 is 27.2 Å².